The lowest BCUT2D eigenvalue weighted by Gasteiger charge is -2.30. The predicted octanol–water partition coefficient (Wildman–Crippen LogP) is 3.68. The second-order valence-corrected chi connectivity index (χ2v) is 8.94. The fourth-order valence-corrected chi connectivity index (χ4v) is 5.68. The van der Waals surface area contributed by atoms with Crippen molar-refractivity contribution >= 4 is 16.0 Å². The number of rotatable bonds is 7. The number of aliphatic carboxylic acids is 1. The standard InChI is InChI=1S/C19H25NO4S/c1-2-6-16(20-25(23,24)15-7-4-3-5-8-15)17(18(21)22)19-11-9-14(13-19)10-12-19/h3-5,7-8,14,20H,2,6,9-13H2,1H3,(H,21,22). The number of nitrogens with one attached hydrogen (secondary N) is 1. The summed E-state index contributed by atoms with van der Waals surface area (Å²) in [6.07, 6.45) is 5.75. The lowest BCUT2D eigenvalue weighted by Crippen LogP contribution is -2.32. The highest BCUT2D eigenvalue weighted by Gasteiger charge is 2.50. The average Bonchev–Trinajstić information content (AvgIpc) is 3.16. The predicted molar refractivity (Wildman–Crippen MR) is 95.3 cm³/mol. The number of carbonyl (C=O) groups is 1. The van der Waals surface area contributed by atoms with Gasteiger partial charge in [0.05, 0.1) is 10.5 Å². The molecule has 2 fully saturated rings. The second kappa shape index (κ2) is 6.83. The Labute approximate surface area is 149 Å². The van der Waals surface area contributed by atoms with E-state index in [1.165, 1.54) is 12.1 Å². The maximum absolute atomic E-state index is 12.7. The van der Waals surface area contributed by atoms with Crippen molar-refractivity contribution in [2.75, 3.05) is 0 Å². The van der Waals surface area contributed by atoms with E-state index in [0.29, 0.717) is 30.0 Å². The highest BCUT2D eigenvalue weighted by molar-refractivity contribution is 7.89. The number of allylic oxidation sites excluding steroid dienone is 1. The van der Waals surface area contributed by atoms with E-state index in [9.17, 15) is 18.3 Å². The highest BCUT2D eigenvalue weighted by Crippen LogP contribution is 2.58. The first-order valence-electron chi connectivity index (χ1n) is 8.93. The van der Waals surface area contributed by atoms with Crippen molar-refractivity contribution in [3.05, 3.63) is 41.6 Å². The molecule has 2 aliphatic rings. The summed E-state index contributed by atoms with van der Waals surface area (Å²) in [6.45, 7) is 1.93. The molecule has 0 spiro atoms. The number of hydrogen-bond donors (Lipinski definition) is 2. The van der Waals surface area contributed by atoms with Crippen LogP contribution in [0.15, 0.2) is 46.5 Å². The summed E-state index contributed by atoms with van der Waals surface area (Å²) >= 11 is 0. The summed E-state index contributed by atoms with van der Waals surface area (Å²) in [5, 5.41) is 9.92. The molecule has 0 aliphatic heterocycles. The van der Waals surface area contributed by atoms with Crippen LogP contribution in [0.2, 0.25) is 0 Å². The van der Waals surface area contributed by atoms with Gasteiger partial charge in [-0.1, -0.05) is 31.5 Å². The van der Waals surface area contributed by atoms with E-state index < -0.39 is 16.0 Å². The van der Waals surface area contributed by atoms with Crippen LogP contribution in [0.1, 0.15) is 51.9 Å². The molecule has 2 saturated carbocycles. The van der Waals surface area contributed by atoms with Crippen molar-refractivity contribution in [1.29, 1.82) is 0 Å². The molecule has 0 radical (unpaired) electrons. The van der Waals surface area contributed by atoms with Gasteiger partial charge in [0.15, 0.2) is 0 Å². The van der Waals surface area contributed by atoms with Crippen molar-refractivity contribution in [1.82, 2.24) is 4.72 Å². The van der Waals surface area contributed by atoms with Crippen LogP contribution in [0.5, 0.6) is 0 Å². The van der Waals surface area contributed by atoms with Crippen LogP contribution in [-0.4, -0.2) is 19.5 Å². The molecule has 6 heteroatoms. The molecule has 0 atom stereocenters. The van der Waals surface area contributed by atoms with Crippen molar-refractivity contribution in [2.45, 2.75) is 56.8 Å². The van der Waals surface area contributed by atoms with Gasteiger partial charge in [-0.15, -0.1) is 0 Å². The van der Waals surface area contributed by atoms with Gasteiger partial charge in [0, 0.05) is 11.1 Å². The van der Waals surface area contributed by atoms with Crippen molar-refractivity contribution < 1.29 is 18.3 Å². The van der Waals surface area contributed by atoms with E-state index in [-0.39, 0.29) is 10.3 Å². The third-order valence-corrected chi connectivity index (χ3v) is 7.01. The minimum atomic E-state index is -3.78. The highest BCUT2D eigenvalue weighted by atomic mass is 32.2. The molecule has 5 nitrogen and oxygen atoms in total. The van der Waals surface area contributed by atoms with Gasteiger partial charge in [-0.25, -0.2) is 13.2 Å². The normalized spacial score (nSPS) is 26.4. The maximum Gasteiger partial charge on any atom is 0.333 e. The molecule has 3 rings (SSSR count). The Bertz CT molecular complexity index is 775. The zero-order valence-corrected chi connectivity index (χ0v) is 15.3. The topological polar surface area (TPSA) is 83.5 Å². The second-order valence-electron chi connectivity index (χ2n) is 7.26. The van der Waals surface area contributed by atoms with E-state index in [1.54, 1.807) is 18.2 Å². The van der Waals surface area contributed by atoms with Crippen molar-refractivity contribution in [3.8, 4) is 0 Å². The van der Waals surface area contributed by atoms with Gasteiger partial charge in [-0.05, 0) is 56.6 Å². The van der Waals surface area contributed by atoms with E-state index in [4.69, 9.17) is 0 Å². The molecule has 0 heterocycles. The summed E-state index contributed by atoms with van der Waals surface area (Å²) in [7, 11) is -3.78. The SMILES string of the molecule is CCCC(NS(=O)(=O)c1ccccc1)=C(C(=O)O)C12CCC(CC1)C2. The van der Waals surface area contributed by atoms with Crippen LogP contribution in [0, 0.1) is 11.3 Å². The number of carboxylic acid groups (broad SMARTS) is 1. The van der Waals surface area contributed by atoms with Gasteiger partial charge in [-0.3, -0.25) is 4.72 Å². The maximum atomic E-state index is 12.7. The van der Waals surface area contributed by atoms with Gasteiger partial charge in [0.1, 0.15) is 0 Å². The van der Waals surface area contributed by atoms with Gasteiger partial charge in [0.2, 0.25) is 0 Å². The molecule has 2 bridgehead atoms. The Balaban J connectivity index is 2.03. The van der Waals surface area contributed by atoms with Crippen LogP contribution >= 0.6 is 0 Å². The molecular weight excluding hydrogens is 338 g/mol. The van der Waals surface area contributed by atoms with Gasteiger partial charge in [-0.2, -0.15) is 0 Å². The van der Waals surface area contributed by atoms with E-state index in [0.717, 1.165) is 32.1 Å². The summed E-state index contributed by atoms with van der Waals surface area (Å²) in [4.78, 5) is 12.3. The van der Waals surface area contributed by atoms with Crippen molar-refractivity contribution in [3.63, 3.8) is 0 Å². The van der Waals surface area contributed by atoms with Gasteiger partial charge >= 0.3 is 5.97 Å². The van der Waals surface area contributed by atoms with Crippen LogP contribution in [0.4, 0.5) is 0 Å². The Kier molecular flexibility index (Phi) is 4.91. The fraction of sp³-hybridized carbons (Fsp3) is 0.526. The molecule has 1 aromatic rings. The number of hydrogen-bond acceptors (Lipinski definition) is 3. The molecule has 0 amide bonds. The Hall–Kier alpha value is -1.82. The monoisotopic (exact) mass is 363 g/mol. The number of benzene rings is 1. The van der Waals surface area contributed by atoms with Crippen LogP contribution in [0.25, 0.3) is 0 Å². The lowest BCUT2D eigenvalue weighted by molar-refractivity contribution is -0.134. The van der Waals surface area contributed by atoms with Gasteiger partial charge in [0.25, 0.3) is 10.0 Å². The molecule has 2 N–H and O–H groups in total. The Morgan fingerprint density at radius 3 is 2.36 bits per heavy atom. The van der Waals surface area contributed by atoms with Gasteiger partial charge < -0.3 is 5.11 Å². The Morgan fingerprint density at radius 1 is 1.24 bits per heavy atom. The first-order chi connectivity index (χ1) is 11.9. The first kappa shape index (κ1) is 18.0. The van der Waals surface area contributed by atoms with Crippen molar-refractivity contribution in [2.24, 2.45) is 11.3 Å². The molecule has 0 aromatic heterocycles. The zero-order valence-electron chi connectivity index (χ0n) is 14.5. The molecule has 0 unspecified atom stereocenters. The molecular formula is C19H25NO4S. The number of fused-ring (bicyclic) bond motifs is 2. The summed E-state index contributed by atoms with van der Waals surface area (Å²) in [6, 6.07) is 8.11. The smallest absolute Gasteiger partial charge is 0.333 e. The molecule has 2 aliphatic carbocycles. The fourth-order valence-electron chi connectivity index (χ4n) is 4.52. The Morgan fingerprint density at radius 2 is 1.88 bits per heavy atom. The van der Waals surface area contributed by atoms with Crippen LogP contribution in [-0.2, 0) is 14.8 Å². The lowest BCUT2D eigenvalue weighted by atomic mass is 9.76. The largest absolute Gasteiger partial charge is 0.478 e. The quantitative estimate of drug-likeness (QED) is 0.724. The van der Waals surface area contributed by atoms with E-state index in [1.807, 2.05) is 6.92 Å². The zero-order chi connectivity index (χ0) is 18.1. The summed E-state index contributed by atoms with van der Waals surface area (Å²) in [5.74, 6) is -0.398. The van der Waals surface area contributed by atoms with Crippen LogP contribution in [0.3, 0.4) is 0 Å². The third-order valence-electron chi connectivity index (χ3n) is 5.60. The summed E-state index contributed by atoms with van der Waals surface area (Å²) < 4.78 is 28.1. The third kappa shape index (κ3) is 3.45. The molecule has 0 saturated heterocycles. The molecule has 1 aromatic carbocycles. The first-order valence-corrected chi connectivity index (χ1v) is 10.4. The van der Waals surface area contributed by atoms with Crippen LogP contribution < -0.4 is 4.72 Å². The van der Waals surface area contributed by atoms with E-state index in [2.05, 4.69) is 4.72 Å². The summed E-state index contributed by atoms with van der Waals surface area (Å²) in [5.41, 5.74) is 0.301. The minimum absolute atomic E-state index is 0.154. The molecule has 136 valence electrons. The minimum Gasteiger partial charge on any atom is -0.478 e. The average molecular weight is 363 g/mol. The van der Waals surface area contributed by atoms with E-state index >= 15 is 0 Å². The number of carboxylic acids is 1. The number of sulfonamides is 1. The molecule has 25 heavy (non-hydrogen) atoms.